The van der Waals surface area contributed by atoms with Gasteiger partial charge in [0.2, 0.25) is 0 Å². The summed E-state index contributed by atoms with van der Waals surface area (Å²) in [6, 6.07) is 151. The molecule has 6 aromatic heterocycles. The number of para-hydroxylation sites is 5. The van der Waals surface area contributed by atoms with Gasteiger partial charge in [-0.15, -0.1) is 0 Å². The zero-order chi connectivity index (χ0) is 82.3. The zero-order valence-corrected chi connectivity index (χ0v) is 69.1. The summed E-state index contributed by atoms with van der Waals surface area (Å²) < 4.78 is 2.25. The molecular formula is C116H71N7S2. The maximum atomic E-state index is 5.41. The first-order valence-electron chi connectivity index (χ1n) is 42.4. The summed E-state index contributed by atoms with van der Waals surface area (Å²) in [7, 11) is 0. The van der Waals surface area contributed by atoms with Crippen LogP contribution in [0.1, 0.15) is 44.5 Å². The molecule has 0 N–H and O–H groups in total. The first kappa shape index (κ1) is 72.3. The van der Waals surface area contributed by atoms with Crippen molar-refractivity contribution in [2.24, 2.45) is 0 Å². The van der Waals surface area contributed by atoms with Gasteiger partial charge >= 0.3 is 0 Å². The number of hydrogen-bond donors (Lipinski definition) is 0. The molecule has 26 rings (SSSR count). The van der Waals surface area contributed by atoms with Gasteiger partial charge in [0.05, 0.1) is 67.1 Å². The van der Waals surface area contributed by atoms with Crippen molar-refractivity contribution in [1.29, 1.82) is 0 Å². The topological polar surface area (TPSA) is 82.3 Å². The standard InChI is InChI=1S/C59H36N4S.C57H35N3S/c1-4-16-47-42(13-1)43-14-2-5-17-48(43)59(47)49-18-6-8-22-56(49)64-57-36-46-45(35-50(57)59)44-15-3-7-19-51(44)63-58(46)40-29-27-38(28-30-40)37-23-25-39(26-24-37)41-33-54(52-20-9-11-31-60-52)62-55(34-41)53-21-10-12-32-61-53;1-2-14-40(15-3-1)60-52-24-12-11-23-51(52)59-56(60)39-32-28-37(29-33-39)36-26-30-38(31-27-36)55-45-35-54-49(34-44(45)43-18-6-10-22-50(43)58-55)57(48-21-9-13-25-53(48)61-54)46-19-7-4-16-41(46)42-17-5-8-20-47(42)57/h1-36H;1-35H. The Kier molecular flexibility index (Phi) is 16.8. The third kappa shape index (κ3) is 11.5. The Morgan fingerprint density at radius 3 is 0.992 bits per heavy atom. The molecule has 2 aliphatic carbocycles. The van der Waals surface area contributed by atoms with E-state index in [1.165, 1.54) is 103 Å². The van der Waals surface area contributed by atoms with Crippen molar-refractivity contribution in [3.05, 3.63) is 475 Å². The number of aromatic nitrogens is 7. The Morgan fingerprint density at radius 1 is 0.208 bits per heavy atom. The lowest BCUT2D eigenvalue weighted by Crippen LogP contribution is -2.32. The van der Waals surface area contributed by atoms with Crippen LogP contribution < -0.4 is 0 Å². The van der Waals surface area contributed by atoms with Crippen molar-refractivity contribution < 1.29 is 0 Å². The minimum atomic E-state index is -0.444. The molecule has 0 atom stereocenters. The normalized spacial score (nSPS) is 13.2. The fraction of sp³-hybridized carbons (Fsp3) is 0.0172. The van der Waals surface area contributed by atoms with E-state index in [0.29, 0.717) is 0 Å². The predicted octanol–water partition coefficient (Wildman–Crippen LogP) is 29.3. The van der Waals surface area contributed by atoms with Crippen LogP contribution in [0.2, 0.25) is 0 Å². The highest BCUT2D eigenvalue weighted by atomic mass is 32.2. The van der Waals surface area contributed by atoms with Crippen LogP contribution in [0.5, 0.6) is 0 Å². The lowest BCUT2D eigenvalue weighted by atomic mass is 9.67. The van der Waals surface area contributed by atoms with E-state index in [1.807, 2.05) is 66.0 Å². The Balaban J connectivity index is 0.000000137. The first-order valence-corrected chi connectivity index (χ1v) is 44.1. The molecule has 2 aliphatic heterocycles. The molecule has 2 spiro atoms. The molecule has 4 aliphatic rings. The van der Waals surface area contributed by atoms with Crippen LogP contribution in [-0.4, -0.2) is 34.5 Å². The molecular weight excluding hydrogens is 1560 g/mol. The monoisotopic (exact) mass is 1630 g/mol. The van der Waals surface area contributed by atoms with Crippen LogP contribution >= 0.6 is 23.5 Å². The van der Waals surface area contributed by atoms with E-state index in [-0.39, 0.29) is 0 Å². The number of fused-ring (bicyclic) bond motifs is 25. The smallest absolute Gasteiger partial charge is 0.145 e. The number of imidazole rings is 1. The van der Waals surface area contributed by atoms with Gasteiger partial charge < -0.3 is 0 Å². The molecule has 0 saturated carbocycles. The SMILES string of the molecule is c1ccc(-c2cc(-c3ccc(-c4ccc(-c5nc6ccccc6c6cc7c(cc56)Sc5ccccc5C75c6ccccc6-c6ccccc65)cc4)cc3)cc(-c3ccccn3)n2)nc1.c1ccc(-n2c(-c3ccc(-c4ccc(-c5nc6ccccc6c6cc7c(cc56)Sc5ccccc5C75c6ccccc6-c6ccccc65)cc4)cc3)nc3ccccc32)cc1. The van der Waals surface area contributed by atoms with E-state index >= 15 is 0 Å². The summed E-state index contributed by atoms with van der Waals surface area (Å²) in [6.45, 7) is 0. The van der Waals surface area contributed by atoms with Crippen LogP contribution in [-0.2, 0) is 10.8 Å². The Bertz CT molecular complexity index is 7990. The molecule has 16 aromatic carbocycles. The highest BCUT2D eigenvalue weighted by Crippen LogP contribution is 2.65. The van der Waals surface area contributed by atoms with Crippen molar-refractivity contribution in [3.63, 3.8) is 0 Å². The van der Waals surface area contributed by atoms with Crippen LogP contribution in [0.3, 0.4) is 0 Å². The van der Waals surface area contributed by atoms with Gasteiger partial charge in [-0.2, -0.15) is 0 Å². The van der Waals surface area contributed by atoms with Gasteiger partial charge in [0.25, 0.3) is 0 Å². The highest BCUT2D eigenvalue weighted by Gasteiger charge is 2.52. The average molecular weight is 1630 g/mol. The van der Waals surface area contributed by atoms with Gasteiger partial charge in [0.1, 0.15) is 5.82 Å². The third-order valence-corrected chi connectivity index (χ3v) is 28.2. The average Bonchev–Trinajstić information content (AvgIpc) is 1.55. The highest BCUT2D eigenvalue weighted by molar-refractivity contribution is 7.99. The van der Waals surface area contributed by atoms with E-state index < -0.39 is 10.8 Å². The molecule has 7 nitrogen and oxygen atoms in total. The molecule has 0 fully saturated rings. The van der Waals surface area contributed by atoms with E-state index in [4.69, 9.17) is 19.9 Å². The molecule has 0 saturated heterocycles. The van der Waals surface area contributed by atoms with Gasteiger partial charge in [-0.25, -0.2) is 19.9 Å². The Morgan fingerprint density at radius 2 is 0.560 bits per heavy atom. The second kappa shape index (κ2) is 29.1. The lowest BCUT2D eigenvalue weighted by Gasteiger charge is -2.40. The van der Waals surface area contributed by atoms with E-state index in [0.717, 1.165) is 134 Å². The quantitative estimate of drug-likeness (QED) is 0.132. The molecule has 125 heavy (non-hydrogen) atoms. The van der Waals surface area contributed by atoms with Crippen LogP contribution in [0.4, 0.5) is 0 Å². The molecule has 0 radical (unpaired) electrons. The Labute approximate surface area is 730 Å². The summed E-state index contributed by atoms with van der Waals surface area (Å²) >= 11 is 3.76. The fourth-order valence-corrected chi connectivity index (χ4v) is 22.8. The second-order valence-corrected chi connectivity index (χ2v) is 34.8. The van der Waals surface area contributed by atoms with Gasteiger partial charge in [0.15, 0.2) is 0 Å². The number of rotatable bonds is 9. The van der Waals surface area contributed by atoms with Gasteiger partial charge in [0, 0.05) is 75.9 Å². The minimum absolute atomic E-state index is 0.436. The van der Waals surface area contributed by atoms with E-state index in [1.54, 1.807) is 12.4 Å². The molecule has 0 bridgehead atoms. The van der Waals surface area contributed by atoms with E-state index in [2.05, 4.69) is 391 Å². The van der Waals surface area contributed by atoms with Gasteiger partial charge in [-0.3, -0.25) is 14.5 Å². The number of hydrogen-bond acceptors (Lipinski definition) is 8. The van der Waals surface area contributed by atoms with Crippen molar-refractivity contribution >= 4 is 77.9 Å². The van der Waals surface area contributed by atoms with Crippen molar-refractivity contribution in [3.8, 4) is 118 Å². The van der Waals surface area contributed by atoms with Gasteiger partial charge in [-0.1, -0.05) is 333 Å². The van der Waals surface area contributed by atoms with Crippen molar-refractivity contribution in [2.45, 2.75) is 30.4 Å². The second-order valence-electron chi connectivity index (χ2n) is 32.6. The van der Waals surface area contributed by atoms with Crippen molar-refractivity contribution in [1.82, 2.24) is 34.5 Å². The fourth-order valence-electron chi connectivity index (χ4n) is 20.4. The summed E-state index contributed by atoms with van der Waals surface area (Å²) in [6.07, 6.45) is 3.61. The molecule has 9 heteroatoms. The number of nitrogens with zero attached hydrogens (tertiary/aromatic N) is 7. The van der Waals surface area contributed by atoms with Crippen molar-refractivity contribution in [2.75, 3.05) is 0 Å². The molecule has 0 unspecified atom stereocenters. The minimum Gasteiger partial charge on any atom is -0.292 e. The zero-order valence-electron chi connectivity index (χ0n) is 67.4. The lowest BCUT2D eigenvalue weighted by molar-refractivity contribution is 0.724. The maximum absolute atomic E-state index is 5.41. The third-order valence-electron chi connectivity index (χ3n) is 25.9. The molecule has 582 valence electrons. The maximum Gasteiger partial charge on any atom is 0.145 e. The largest absolute Gasteiger partial charge is 0.292 e. The predicted molar refractivity (Wildman–Crippen MR) is 513 cm³/mol. The van der Waals surface area contributed by atoms with Crippen LogP contribution in [0.25, 0.3) is 172 Å². The molecule has 8 heterocycles. The Hall–Kier alpha value is -15.5. The number of pyridine rings is 5. The van der Waals surface area contributed by atoms with Crippen LogP contribution in [0.15, 0.2) is 451 Å². The summed E-state index contributed by atoms with van der Waals surface area (Å²) in [5.41, 5.74) is 35.5. The van der Waals surface area contributed by atoms with E-state index in [9.17, 15) is 0 Å². The molecule has 22 aromatic rings. The molecule has 0 amide bonds. The summed E-state index contributed by atoms with van der Waals surface area (Å²) in [4.78, 5) is 35.2. The van der Waals surface area contributed by atoms with Crippen LogP contribution in [0, 0.1) is 0 Å². The van der Waals surface area contributed by atoms with Gasteiger partial charge in [-0.05, 0) is 220 Å². The summed E-state index contributed by atoms with van der Waals surface area (Å²) in [5, 5.41) is 7.09. The summed E-state index contributed by atoms with van der Waals surface area (Å²) in [5.74, 6) is 0.930. The first-order chi connectivity index (χ1) is 61.9. The number of benzene rings is 16.